The molecule has 1 saturated heterocycles. The van der Waals surface area contributed by atoms with Crippen LogP contribution in [-0.2, 0) is 16.0 Å². The van der Waals surface area contributed by atoms with Gasteiger partial charge in [-0.1, -0.05) is 43.3 Å². The van der Waals surface area contributed by atoms with Gasteiger partial charge >= 0.3 is 0 Å². The molecule has 0 aliphatic carbocycles. The van der Waals surface area contributed by atoms with Crippen molar-refractivity contribution >= 4 is 5.91 Å². The van der Waals surface area contributed by atoms with Gasteiger partial charge in [0, 0.05) is 50.7 Å². The second kappa shape index (κ2) is 10.7. The van der Waals surface area contributed by atoms with Gasteiger partial charge in [0.2, 0.25) is 5.91 Å². The van der Waals surface area contributed by atoms with E-state index in [2.05, 4.69) is 58.1 Å². The predicted molar refractivity (Wildman–Crippen MR) is 124 cm³/mol. The van der Waals surface area contributed by atoms with Crippen LogP contribution in [0.5, 0.6) is 0 Å². The van der Waals surface area contributed by atoms with Gasteiger partial charge in [0.05, 0.1) is 19.1 Å². The van der Waals surface area contributed by atoms with Crippen molar-refractivity contribution in [2.45, 2.75) is 26.2 Å². The smallest absolute Gasteiger partial charge is 0.227 e. The Morgan fingerprint density at radius 1 is 1.16 bits per heavy atom. The molecule has 2 aromatic rings. The third-order valence-corrected chi connectivity index (χ3v) is 6.18. The minimum atomic E-state index is -0.0445. The van der Waals surface area contributed by atoms with Crippen LogP contribution in [0, 0.1) is 5.92 Å². The van der Waals surface area contributed by atoms with Crippen LogP contribution in [0.3, 0.4) is 0 Å². The third-order valence-electron chi connectivity index (χ3n) is 6.18. The summed E-state index contributed by atoms with van der Waals surface area (Å²) in [6.45, 7) is 7.93. The van der Waals surface area contributed by atoms with Crippen molar-refractivity contribution in [2.75, 3.05) is 45.9 Å². The molecule has 3 heterocycles. The number of hydrogen-bond acceptors (Lipinski definition) is 4. The first-order valence-electron chi connectivity index (χ1n) is 11.5. The fraction of sp³-hybridized carbons (Fsp3) is 0.462. The molecule has 4 rings (SSSR count). The number of hydrogen-bond donors (Lipinski definition) is 0. The molecule has 0 radical (unpaired) electrons. The second-order valence-corrected chi connectivity index (χ2v) is 8.56. The fourth-order valence-electron chi connectivity index (χ4n) is 4.67. The van der Waals surface area contributed by atoms with Gasteiger partial charge in [0.25, 0.3) is 0 Å². The summed E-state index contributed by atoms with van der Waals surface area (Å²) < 4.78 is 5.64. The highest BCUT2D eigenvalue weighted by Crippen LogP contribution is 2.27. The van der Waals surface area contributed by atoms with E-state index < -0.39 is 0 Å². The summed E-state index contributed by atoms with van der Waals surface area (Å²) >= 11 is 0. The highest BCUT2D eigenvalue weighted by molar-refractivity contribution is 5.80. The summed E-state index contributed by atoms with van der Waals surface area (Å²) in [5, 5.41) is 0. The SMILES string of the molecule is CCCN1CCN(CC2=CCCOC2)C[C@H](Cc2ccccc2-c2cccnc2)C1=O. The Balaban J connectivity index is 1.57. The summed E-state index contributed by atoms with van der Waals surface area (Å²) in [4.78, 5) is 22.3. The van der Waals surface area contributed by atoms with Crippen LogP contribution < -0.4 is 0 Å². The molecule has 5 nitrogen and oxygen atoms in total. The largest absolute Gasteiger partial charge is 0.377 e. The highest BCUT2D eigenvalue weighted by Gasteiger charge is 2.31. The van der Waals surface area contributed by atoms with Crippen LogP contribution in [0.25, 0.3) is 11.1 Å². The van der Waals surface area contributed by atoms with Crippen molar-refractivity contribution in [2.24, 2.45) is 5.92 Å². The number of nitrogens with zero attached hydrogens (tertiary/aromatic N) is 3. The molecule has 2 aliphatic heterocycles. The number of rotatable bonds is 7. The van der Waals surface area contributed by atoms with Crippen molar-refractivity contribution in [3.05, 3.63) is 66.0 Å². The second-order valence-electron chi connectivity index (χ2n) is 8.56. The number of aromatic nitrogens is 1. The van der Waals surface area contributed by atoms with Crippen molar-refractivity contribution in [1.82, 2.24) is 14.8 Å². The molecule has 2 aliphatic rings. The Hall–Kier alpha value is -2.50. The zero-order chi connectivity index (χ0) is 21.5. The van der Waals surface area contributed by atoms with Gasteiger partial charge in [0.1, 0.15) is 0 Å². The maximum absolute atomic E-state index is 13.5. The summed E-state index contributed by atoms with van der Waals surface area (Å²) in [5.41, 5.74) is 4.83. The molecule has 1 atom stereocenters. The molecule has 31 heavy (non-hydrogen) atoms. The van der Waals surface area contributed by atoms with Gasteiger partial charge in [-0.25, -0.2) is 0 Å². The van der Waals surface area contributed by atoms with Gasteiger partial charge in [-0.3, -0.25) is 14.7 Å². The van der Waals surface area contributed by atoms with E-state index in [-0.39, 0.29) is 5.92 Å². The Bertz CT molecular complexity index is 897. The lowest BCUT2D eigenvalue weighted by molar-refractivity contribution is -0.134. The number of carbonyl (C=O) groups is 1. The molecule has 1 fully saturated rings. The van der Waals surface area contributed by atoms with E-state index in [9.17, 15) is 4.79 Å². The molecule has 1 aromatic carbocycles. The first kappa shape index (κ1) is 21.7. The van der Waals surface area contributed by atoms with Gasteiger partial charge < -0.3 is 9.64 Å². The van der Waals surface area contributed by atoms with Crippen molar-refractivity contribution < 1.29 is 9.53 Å². The number of benzene rings is 1. The van der Waals surface area contributed by atoms with Gasteiger partial charge in [-0.15, -0.1) is 0 Å². The zero-order valence-electron chi connectivity index (χ0n) is 18.5. The first-order chi connectivity index (χ1) is 15.2. The van der Waals surface area contributed by atoms with Crippen molar-refractivity contribution in [3.63, 3.8) is 0 Å². The molecular formula is C26H33N3O2. The van der Waals surface area contributed by atoms with Crippen LogP contribution in [0.1, 0.15) is 25.3 Å². The topological polar surface area (TPSA) is 45.7 Å². The highest BCUT2D eigenvalue weighted by atomic mass is 16.5. The normalized spacial score (nSPS) is 20.4. The van der Waals surface area contributed by atoms with E-state index in [1.165, 1.54) is 16.7 Å². The molecule has 1 amide bonds. The minimum Gasteiger partial charge on any atom is -0.377 e. The summed E-state index contributed by atoms with van der Waals surface area (Å²) in [5.74, 6) is 0.246. The Morgan fingerprint density at radius 3 is 2.84 bits per heavy atom. The number of amides is 1. The van der Waals surface area contributed by atoms with Crippen LogP contribution in [-0.4, -0.2) is 66.6 Å². The Kier molecular flexibility index (Phi) is 7.49. The lowest BCUT2D eigenvalue weighted by Gasteiger charge is -2.26. The van der Waals surface area contributed by atoms with E-state index in [0.717, 1.165) is 70.8 Å². The lowest BCUT2D eigenvalue weighted by atomic mass is 9.91. The van der Waals surface area contributed by atoms with Crippen molar-refractivity contribution in [3.8, 4) is 11.1 Å². The average molecular weight is 420 g/mol. The van der Waals surface area contributed by atoms with E-state index in [4.69, 9.17) is 4.74 Å². The van der Waals surface area contributed by atoms with E-state index in [1.807, 2.05) is 12.3 Å². The molecule has 1 aromatic heterocycles. The maximum atomic E-state index is 13.5. The Morgan fingerprint density at radius 2 is 2.06 bits per heavy atom. The quantitative estimate of drug-likeness (QED) is 0.641. The van der Waals surface area contributed by atoms with E-state index >= 15 is 0 Å². The molecule has 0 unspecified atom stereocenters. The third kappa shape index (κ3) is 5.60. The Labute approximate surface area is 185 Å². The van der Waals surface area contributed by atoms with Crippen LogP contribution >= 0.6 is 0 Å². The summed E-state index contributed by atoms with van der Waals surface area (Å²) in [6.07, 6.45) is 8.74. The van der Waals surface area contributed by atoms with Gasteiger partial charge in [0.15, 0.2) is 0 Å². The van der Waals surface area contributed by atoms with Gasteiger partial charge in [-0.05, 0) is 42.0 Å². The molecule has 0 bridgehead atoms. The standard InChI is InChI=1S/C26H33N3O2/c1-2-12-29-14-13-28(18-21-7-6-15-31-20-21)19-24(26(29)30)16-22-8-3-4-10-25(22)23-9-5-11-27-17-23/h3-5,7-11,17,24H,2,6,12-16,18-20H2,1H3/t24-/m0/s1. The minimum absolute atomic E-state index is 0.0445. The van der Waals surface area contributed by atoms with Crippen molar-refractivity contribution in [1.29, 1.82) is 0 Å². The van der Waals surface area contributed by atoms with E-state index in [0.29, 0.717) is 5.91 Å². The van der Waals surface area contributed by atoms with Crippen LogP contribution in [0.2, 0.25) is 0 Å². The molecule has 5 heteroatoms. The summed E-state index contributed by atoms with van der Waals surface area (Å²) in [7, 11) is 0. The number of carbonyl (C=O) groups excluding carboxylic acids is 1. The zero-order valence-corrected chi connectivity index (χ0v) is 18.5. The van der Waals surface area contributed by atoms with E-state index in [1.54, 1.807) is 6.20 Å². The molecule has 0 N–H and O–H groups in total. The lowest BCUT2D eigenvalue weighted by Crippen LogP contribution is -2.38. The molecule has 164 valence electrons. The molecule has 0 saturated carbocycles. The average Bonchev–Trinajstić information content (AvgIpc) is 2.95. The number of pyridine rings is 1. The fourth-order valence-corrected chi connectivity index (χ4v) is 4.67. The monoisotopic (exact) mass is 419 g/mol. The predicted octanol–water partition coefficient (Wildman–Crippen LogP) is 3.81. The first-order valence-corrected chi connectivity index (χ1v) is 11.5. The van der Waals surface area contributed by atoms with Crippen LogP contribution in [0.15, 0.2) is 60.4 Å². The molecular weight excluding hydrogens is 386 g/mol. The maximum Gasteiger partial charge on any atom is 0.227 e. The molecule has 0 spiro atoms. The summed E-state index contributed by atoms with van der Waals surface area (Å²) in [6, 6.07) is 12.5. The van der Waals surface area contributed by atoms with Gasteiger partial charge in [-0.2, -0.15) is 0 Å². The van der Waals surface area contributed by atoms with Crippen LogP contribution in [0.4, 0.5) is 0 Å². The number of ether oxygens (including phenoxy) is 1.